The van der Waals surface area contributed by atoms with E-state index in [4.69, 9.17) is 0 Å². The van der Waals surface area contributed by atoms with Gasteiger partial charge in [-0.05, 0) is 24.2 Å². The van der Waals surface area contributed by atoms with Crippen LogP contribution in [0.2, 0.25) is 0 Å². The zero-order valence-electron chi connectivity index (χ0n) is 8.27. The Morgan fingerprint density at radius 3 is 2.55 bits per heavy atom. The standard InChI is InChI=1S/C11H22/c1-4-10-6-5-7-11(8-10)9(2)3/h9-11H,4-8H2,1-3H3/t10-,11-/m1/s1. The van der Waals surface area contributed by atoms with Gasteiger partial charge in [-0.2, -0.15) is 0 Å². The van der Waals surface area contributed by atoms with Crippen LogP contribution >= 0.6 is 0 Å². The molecule has 11 heavy (non-hydrogen) atoms. The summed E-state index contributed by atoms with van der Waals surface area (Å²) in [6.45, 7) is 7.10. The molecule has 1 aliphatic rings. The van der Waals surface area contributed by atoms with Crippen molar-refractivity contribution in [1.82, 2.24) is 0 Å². The van der Waals surface area contributed by atoms with Crippen LogP contribution in [-0.2, 0) is 0 Å². The first-order valence-corrected chi connectivity index (χ1v) is 5.24. The third kappa shape index (κ3) is 2.50. The average Bonchev–Trinajstić information content (AvgIpc) is 2.05. The topological polar surface area (TPSA) is 0 Å². The van der Waals surface area contributed by atoms with Crippen molar-refractivity contribution < 1.29 is 0 Å². The van der Waals surface area contributed by atoms with Crippen LogP contribution in [0.5, 0.6) is 0 Å². The molecule has 66 valence electrons. The van der Waals surface area contributed by atoms with E-state index in [-0.39, 0.29) is 0 Å². The van der Waals surface area contributed by atoms with Crippen molar-refractivity contribution in [3.8, 4) is 0 Å². The fraction of sp³-hybridized carbons (Fsp3) is 1.00. The summed E-state index contributed by atoms with van der Waals surface area (Å²) >= 11 is 0. The Morgan fingerprint density at radius 2 is 2.00 bits per heavy atom. The normalized spacial score (nSPS) is 32.7. The molecule has 0 heteroatoms. The molecule has 2 atom stereocenters. The molecule has 0 unspecified atom stereocenters. The van der Waals surface area contributed by atoms with E-state index in [1.165, 1.54) is 32.1 Å². The van der Waals surface area contributed by atoms with Crippen LogP contribution in [0, 0.1) is 17.8 Å². The van der Waals surface area contributed by atoms with Crippen LogP contribution in [0.3, 0.4) is 0 Å². The Hall–Kier alpha value is 0. The largest absolute Gasteiger partial charge is 0.0651 e. The first kappa shape index (κ1) is 9.09. The molecule has 0 saturated heterocycles. The molecule has 0 aromatic carbocycles. The van der Waals surface area contributed by atoms with Crippen molar-refractivity contribution in [2.75, 3.05) is 0 Å². The minimum Gasteiger partial charge on any atom is -0.0651 e. The summed E-state index contributed by atoms with van der Waals surface area (Å²) in [6.07, 6.45) is 7.40. The van der Waals surface area contributed by atoms with Gasteiger partial charge in [0.05, 0.1) is 0 Å². The van der Waals surface area contributed by atoms with Crippen molar-refractivity contribution in [3.05, 3.63) is 0 Å². The van der Waals surface area contributed by atoms with Crippen LogP contribution in [0.1, 0.15) is 52.9 Å². The van der Waals surface area contributed by atoms with Crippen LogP contribution in [0.25, 0.3) is 0 Å². The van der Waals surface area contributed by atoms with E-state index < -0.39 is 0 Å². The monoisotopic (exact) mass is 154 g/mol. The number of hydrogen-bond acceptors (Lipinski definition) is 0. The van der Waals surface area contributed by atoms with Crippen LogP contribution in [0.4, 0.5) is 0 Å². The lowest BCUT2D eigenvalue weighted by molar-refractivity contribution is 0.211. The average molecular weight is 154 g/mol. The van der Waals surface area contributed by atoms with E-state index in [1.807, 2.05) is 0 Å². The third-order valence-corrected chi connectivity index (χ3v) is 3.34. The molecule has 0 aliphatic heterocycles. The van der Waals surface area contributed by atoms with Gasteiger partial charge in [-0.15, -0.1) is 0 Å². The van der Waals surface area contributed by atoms with E-state index in [0.29, 0.717) is 0 Å². The predicted molar refractivity (Wildman–Crippen MR) is 50.6 cm³/mol. The van der Waals surface area contributed by atoms with Crippen LogP contribution in [0.15, 0.2) is 0 Å². The van der Waals surface area contributed by atoms with Gasteiger partial charge in [0.25, 0.3) is 0 Å². The zero-order valence-corrected chi connectivity index (χ0v) is 8.27. The van der Waals surface area contributed by atoms with Crippen molar-refractivity contribution in [3.63, 3.8) is 0 Å². The summed E-state index contributed by atoms with van der Waals surface area (Å²) in [6, 6.07) is 0. The maximum Gasteiger partial charge on any atom is -0.0388 e. The van der Waals surface area contributed by atoms with E-state index in [0.717, 1.165) is 17.8 Å². The molecule has 0 aromatic rings. The molecule has 0 nitrogen and oxygen atoms in total. The molecular formula is C11H22. The lowest BCUT2D eigenvalue weighted by atomic mass is 9.75. The van der Waals surface area contributed by atoms with Crippen molar-refractivity contribution in [1.29, 1.82) is 0 Å². The Labute approximate surface area is 71.4 Å². The zero-order chi connectivity index (χ0) is 8.27. The van der Waals surface area contributed by atoms with Gasteiger partial charge in [-0.3, -0.25) is 0 Å². The summed E-state index contributed by atoms with van der Waals surface area (Å²) in [5, 5.41) is 0. The smallest absolute Gasteiger partial charge is 0.0388 e. The molecule has 0 spiro atoms. The first-order valence-electron chi connectivity index (χ1n) is 5.24. The second-order valence-corrected chi connectivity index (χ2v) is 4.44. The molecule has 0 bridgehead atoms. The van der Waals surface area contributed by atoms with Crippen molar-refractivity contribution in [2.24, 2.45) is 17.8 Å². The number of hydrogen-bond donors (Lipinski definition) is 0. The molecular weight excluding hydrogens is 132 g/mol. The highest BCUT2D eigenvalue weighted by atomic mass is 14.3. The van der Waals surface area contributed by atoms with Gasteiger partial charge < -0.3 is 0 Å². The molecule has 0 aromatic heterocycles. The van der Waals surface area contributed by atoms with E-state index in [1.54, 1.807) is 0 Å². The van der Waals surface area contributed by atoms with Gasteiger partial charge in [0.1, 0.15) is 0 Å². The van der Waals surface area contributed by atoms with E-state index >= 15 is 0 Å². The van der Waals surface area contributed by atoms with Gasteiger partial charge in [0, 0.05) is 0 Å². The maximum absolute atomic E-state index is 2.38. The molecule has 1 rings (SSSR count). The van der Waals surface area contributed by atoms with Crippen LogP contribution < -0.4 is 0 Å². The lowest BCUT2D eigenvalue weighted by Gasteiger charge is -2.30. The molecule has 0 heterocycles. The summed E-state index contributed by atoms with van der Waals surface area (Å²) in [5.74, 6) is 3.01. The first-order chi connectivity index (χ1) is 5.24. The molecule has 1 fully saturated rings. The summed E-state index contributed by atoms with van der Waals surface area (Å²) in [7, 11) is 0. The summed E-state index contributed by atoms with van der Waals surface area (Å²) < 4.78 is 0. The third-order valence-electron chi connectivity index (χ3n) is 3.34. The second-order valence-electron chi connectivity index (χ2n) is 4.44. The van der Waals surface area contributed by atoms with Crippen molar-refractivity contribution >= 4 is 0 Å². The van der Waals surface area contributed by atoms with Gasteiger partial charge in [0.2, 0.25) is 0 Å². The minimum atomic E-state index is 0.921. The van der Waals surface area contributed by atoms with E-state index in [9.17, 15) is 0 Å². The minimum absolute atomic E-state index is 0.921. The Bertz CT molecular complexity index is 105. The highest BCUT2D eigenvalue weighted by molar-refractivity contribution is 4.74. The summed E-state index contributed by atoms with van der Waals surface area (Å²) in [5.41, 5.74) is 0. The Morgan fingerprint density at radius 1 is 1.27 bits per heavy atom. The fourth-order valence-electron chi connectivity index (χ4n) is 2.31. The SMILES string of the molecule is CC[C@@H]1CCC[C@@H](C(C)C)C1. The van der Waals surface area contributed by atoms with Crippen molar-refractivity contribution in [2.45, 2.75) is 52.9 Å². The Balaban J connectivity index is 2.33. The molecule has 0 amide bonds. The molecule has 0 N–H and O–H groups in total. The van der Waals surface area contributed by atoms with E-state index in [2.05, 4.69) is 20.8 Å². The van der Waals surface area contributed by atoms with Gasteiger partial charge in [0.15, 0.2) is 0 Å². The highest BCUT2D eigenvalue weighted by Crippen LogP contribution is 2.34. The van der Waals surface area contributed by atoms with Crippen LogP contribution in [-0.4, -0.2) is 0 Å². The van der Waals surface area contributed by atoms with Gasteiger partial charge >= 0.3 is 0 Å². The second kappa shape index (κ2) is 4.13. The fourth-order valence-corrected chi connectivity index (χ4v) is 2.31. The quantitative estimate of drug-likeness (QED) is 0.566. The molecule has 1 saturated carbocycles. The molecule has 0 radical (unpaired) electrons. The number of rotatable bonds is 2. The lowest BCUT2D eigenvalue weighted by Crippen LogP contribution is -2.19. The highest BCUT2D eigenvalue weighted by Gasteiger charge is 2.22. The Kier molecular flexibility index (Phi) is 3.42. The summed E-state index contributed by atoms with van der Waals surface area (Å²) in [4.78, 5) is 0. The molecule has 1 aliphatic carbocycles. The maximum atomic E-state index is 2.38. The predicted octanol–water partition coefficient (Wildman–Crippen LogP) is 3.86. The van der Waals surface area contributed by atoms with Gasteiger partial charge in [-0.1, -0.05) is 46.5 Å². The van der Waals surface area contributed by atoms with Gasteiger partial charge in [-0.25, -0.2) is 0 Å².